The van der Waals surface area contributed by atoms with Crippen molar-refractivity contribution < 1.29 is 33.3 Å². The lowest BCUT2D eigenvalue weighted by Crippen LogP contribution is -2.46. The van der Waals surface area contributed by atoms with Crippen LogP contribution < -0.4 is 10.6 Å². The molecule has 0 heterocycles. The zero-order valence-electron chi connectivity index (χ0n) is 16.7. The maximum atomic E-state index is 11.8. The molecule has 0 bridgehead atoms. The molecule has 0 aliphatic heterocycles. The van der Waals surface area contributed by atoms with Crippen LogP contribution in [0.15, 0.2) is 0 Å². The maximum absolute atomic E-state index is 11.8. The summed E-state index contributed by atoms with van der Waals surface area (Å²) < 4.78 is 21.3. The third kappa shape index (κ3) is 17.6. The molecule has 9 heteroatoms. The SMILES string of the molecule is CC[C@H](NC(C)=O)C(=O)NCCOCCOCCOCCOCCC(C)=O. The molecule has 0 saturated heterocycles. The van der Waals surface area contributed by atoms with Gasteiger partial charge in [0.1, 0.15) is 11.8 Å². The van der Waals surface area contributed by atoms with Crippen molar-refractivity contribution in [1.29, 1.82) is 0 Å². The van der Waals surface area contributed by atoms with Gasteiger partial charge in [-0.05, 0) is 13.3 Å². The van der Waals surface area contributed by atoms with Gasteiger partial charge in [0.05, 0.1) is 52.9 Å². The van der Waals surface area contributed by atoms with Gasteiger partial charge >= 0.3 is 0 Å². The number of ketones is 1. The van der Waals surface area contributed by atoms with Crippen LogP contribution in [0, 0.1) is 0 Å². The van der Waals surface area contributed by atoms with Gasteiger partial charge in [-0.25, -0.2) is 0 Å². The Morgan fingerprint density at radius 1 is 0.778 bits per heavy atom. The topological polar surface area (TPSA) is 112 Å². The average Bonchev–Trinajstić information content (AvgIpc) is 2.62. The molecule has 0 spiro atoms. The highest BCUT2D eigenvalue weighted by atomic mass is 16.6. The van der Waals surface area contributed by atoms with Gasteiger partial charge in [-0.2, -0.15) is 0 Å². The van der Waals surface area contributed by atoms with E-state index >= 15 is 0 Å². The van der Waals surface area contributed by atoms with Crippen LogP contribution >= 0.6 is 0 Å². The second-order valence-corrected chi connectivity index (χ2v) is 5.85. The highest BCUT2D eigenvalue weighted by molar-refractivity contribution is 5.86. The number of carbonyl (C=O) groups excluding carboxylic acids is 3. The molecule has 0 radical (unpaired) electrons. The van der Waals surface area contributed by atoms with Crippen LogP contribution in [-0.2, 0) is 33.3 Å². The summed E-state index contributed by atoms with van der Waals surface area (Å²) in [6.07, 6.45) is 0.966. The van der Waals surface area contributed by atoms with Gasteiger partial charge in [0.25, 0.3) is 0 Å². The van der Waals surface area contributed by atoms with Gasteiger partial charge in [-0.1, -0.05) is 6.92 Å². The van der Waals surface area contributed by atoms with Crippen LogP contribution in [0.1, 0.15) is 33.6 Å². The van der Waals surface area contributed by atoms with E-state index in [9.17, 15) is 14.4 Å². The minimum absolute atomic E-state index is 0.115. The minimum Gasteiger partial charge on any atom is -0.379 e. The van der Waals surface area contributed by atoms with E-state index in [0.29, 0.717) is 72.2 Å². The standard InChI is InChI=1S/C18H34N2O7/c1-4-17(20-16(3)22)18(23)19-6-8-25-10-12-27-14-13-26-11-9-24-7-5-15(2)21/h17H,4-14H2,1-3H3,(H,19,23)(H,20,22)/t17-/m0/s1. The third-order valence-electron chi connectivity index (χ3n) is 3.36. The molecule has 0 aromatic heterocycles. The highest BCUT2D eigenvalue weighted by Crippen LogP contribution is 1.91. The van der Waals surface area contributed by atoms with E-state index in [1.165, 1.54) is 13.8 Å². The van der Waals surface area contributed by atoms with Crippen molar-refractivity contribution >= 4 is 17.6 Å². The number of hydrogen-bond donors (Lipinski definition) is 2. The van der Waals surface area contributed by atoms with E-state index in [-0.39, 0.29) is 17.6 Å². The molecule has 0 aliphatic carbocycles. The van der Waals surface area contributed by atoms with Crippen molar-refractivity contribution in [3.05, 3.63) is 0 Å². The second-order valence-electron chi connectivity index (χ2n) is 5.85. The molecule has 9 nitrogen and oxygen atoms in total. The number of nitrogens with one attached hydrogen (secondary N) is 2. The molecule has 2 N–H and O–H groups in total. The van der Waals surface area contributed by atoms with Gasteiger partial charge in [0.2, 0.25) is 11.8 Å². The van der Waals surface area contributed by atoms with Crippen molar-refractivity contribution in [3.8, 4) is 0 Å². The fourth-order valence-electron chi connectivity index (χ4n) is 1.95. The lowest BCUT2D eigenvalue weighted by molar-refractivity contribution is -0.128. The van der Waals surface area contributed by atoms with Gasteiger partial charge in [-0.15, -0.1) is 0 Å². The Labute approximate surface area is 161 Å². The average molecular weight is 390 g/mol. The first-order valence-electron chi connectivity index (χ1n) is 9.32. The zero-order valence-corrected chi connectivity index (χ0v) is 16.7. The van der Waals surface area contributed by atoms with E-state index < -0.39 is 6.04 Å². The van der Waals surface area contributed by atoms with E-state index in [1.807, 2.05) is 6.92 Å². The molecule has 0 rings (SSSR count). The Kier molecular flexibility index (Phi) is 16.8. The van der Waals surface area contributed by atoms with Crippen molar-refractivity contribution in [3.63, 3.8) is 0 Å². The lowest BCUT2D eigenvalue weighted by Gasteiger charge is -2.15. The zero-order chi connectivity index (χ0) is 20.3. The summed E-state index contributed by atoms with van der Waals surface area (Å²) in [7, 11) is 0. The number of ether oxygens (including phenoxy) is 4. The summed E-state index contributed by atoms with van der Waals surface area (Å²) in [6.45, 7) is 8.65. The molecule has 0 saturated carbocycles. The van der Waals surface area contributed by atoms with Gasteiger partial charge < -0.3 is 29.6 Å². The molecular formula is C18H34N2O7. The van der Waals surface area contributed by atoms with E-state index in [1.54, 1.807) is 0 Å². The Balaban J connectivity index is 3.32. The lowest BCUT2D eigenvalue weighted by atomic mass is 10.2. The summed E-state index contributed by atoms with van der Waals surface area (Å²) >= 11 is 0. The second kappa shape index (κ2) is 17.8. The quantitative estimate of drug-likeness (QED) is 0.318. The summed E-state index contributed by atoms with van der Waals surface area (Å²) in [5.74, 6) is -0.325. The molecule has 0 aromatic rings. The predicted molar refractivity (Wildman–Crippen MR) is 99.5 cm³/mol. The monoisotopic (exact) mass is 390 g/mol. The maximum Gasteiger partial charge on any atom is 0.242 e. The number of carbonyl (C=O) groups is 3. The van der Waals surface area contributed by atoms with Crippen molar-refractivity contribution in [2.45, 2.75) is 39.7 Å². The Bertz CT molecular complexity index is 419. The number of Topliss-reactive ketones (excluding diaryl/α,β-unsaturated/α-hetero) is 1. The fourth-order valence-corrected chi connectivity index (χ4v) is 1.95. The summed E-state index contributed by atoms with van der Waals surface area (Å²) in [6, 6.07) is -0.509. The molecule has 1 atom stereocenters. The minimum atomic E-state index is -0.509. The summed E-state index contributed by atoms with van der Waals surface area (Å²) in [4.78, 5) is 33.5. The van der Waals surface area contributed by atoms with Gasteiger partial charge in [-0.3, -0.25) is 14.4 Å². The van der Waals surface area contributed by atoms with Crippen molar-refractivity contribution in [2.75, 3.05) is 59.4 Å². The molecule has 0 unspecified atom stereocenters. The molecule has 158 valence electrons. The Morgan fingerprint density at radius 3 is 1.70 bits per heavy atom. The molecule has 0 aliphatic rings. The largest absolute Gasteiger partial charge is 0.379 e. The molecule has 2 amide bonds. The number of rotatable bonds is 18. The highest BCUT2D eigenvalue weighted by Gasteiger charge is 2.16. The Hall–Kier alpha value is -1.55. The predicted octanol–water partition coefficient (Wildman–Crippen LogP) is 0.0628. The van der Waals surface area contributed by atoms with Crippen LogP contribution in [0.2, 0.25) is 0 Å². The molecule has 27 heavy (non-hydrogen) atoms. The van der Waals surface area contributed by atoms with E-state index in [2.05, 4.69) is 10.6 Å². The van der Waals surface area contributed by atoms with Crippen LogP contribution in [0.5, 0.6) is 0 Å². The van der Waals surface area contributed by atoms with Gasteiger partial charge in [0.15, 0.2) is 0 Å². The van der Waals surface area contributed by atoms with Crippen LogP contribution in [-0.4, -0.2) is 83.0 Å². The molecule has 0 aromatic carbocycles. The first-order chi connectivity index (χ1) is 13.0. The van der Waals surface area contributed by atoms with Crippen molar-refractivity contribution in [2.24, 2.45) is 0 Å². The smallest absolute Gasteiger partial charge is 0.242 e. The third-order valence-corrected chi connectivity index (χ3v) is 3.36. The van der Waals surface area contributed by atoms with E-state index in [0.717, 1.165) is 0 Å². The van der Waals surface area contributed by atoms with Crippen LogP contribution in [0.3, 0.4) is 0 Å². The fraction of sp³-hybridized carbons (Fsp3) is 0.833. The van der Waals surface area contributed by atoms with Gasteiger partial charge in [0, 0.05) is 19.9 Å². The van der Waals surface area contributed by atoms with Crippen LogP contribution in [0.4, 0.5) is 0 Å². The molecule has 0 fully saturated rings. The number of amides is 2. The molecular weight excluding hydrogens is 356 g/mol. The number of hydrogen-bond acceptors (Lipinski definition) is 7. The Morgan fingerprint density at radius 2 is 1.26 bits per heavy atom. The first-order valence-corrected chi connectivity index (χ1v) is 9.32. The van der Waals surface area contributed by atoms with Crippen molar-refractivity contribution in [1.82, 2.24) is 10.6 Å². The van der Waals surface area contributed by atoms with Crippen LogP contribution in [0.25, 0.3) is 0 Å². The summed E-state index contributed by atoms with van der Waals surface area (Å²) in [5.41, 5.74) is 0. The van der Waals surface area contributed by atoms with E-state index in [4.69, 9.17) is 18.9 Å². The summed E-state index contributed by atoms with van der Waals surface area (Å²) in [5, 5.41) is 5.30. The first kappa shape index (κ1) is 25.4. The normalized spacial score (nSPS) is 11.8.